The molecule has 0 aliphatic heterocycles. The first kappa shape index (κ1) is 15.4. The molecule has 0 aromatic carbocycles. The van der Waals surface area contributed by atoms with Crippen LogP contribution in [-0.4, -0.2) is 19.1 Å². The van der Waals surface area contributed by atoms with Crippen LogP contribution in [0.1, 0.15) is 64.7 Å². The largest absolute Gasteiger partial charge is 0.468 e. The average Bonchev–Trinajstić information content (AvgIpc) is 2.31. The first-order valence-corrected chi connectivity index (χ1v) is 6.55. The van der Waals surface area contributed by atoms with Crippen molar-refractivity contribution < 1.29 is 9.53 Å². The summed E-state index contributed by atoms with van der Waals surface area (Å²) in [5, 5.41) is 0. The monoisotopic (exact) mass is 229 g/mol. The Morgan fingerprint density at radius 3 is 2.06 bits per heavy atom. The van der Waals surface area contributed by atoms with Gasteiger partial charge in [0.2, 0.25) is 0 Å². The highest BCUT2D eigenvalue weighted by Crippen LogP contribution is 2.10. The molecule has 96 valence electrons. The summed E-state index contributed by atoms with van der Waals surface area (Å²) in [6, 6.07) is -0.426. The van der Waals surface area contributed by atoms with E-state index >= 15 is 0 Å². The smallest absolute Gasteiger partial charge is 0.322 e. The molecular weight excluding hydrogens is 202 g/mol. The van der Waals surface area contributed by atoms with Crippen LogP contribution >= 0.6 is 0 Å². The predicted octanol–water partition coefficient (Wildman–Crippen LogP) is 3.02. The maximum Gasteiger partial charge on any atom is 0.322 e. The van der Waals surface area contributed by atoms with Crippen molar-refractivity contribution in [3.8, 4) is 0 Å². The zero-order valence-corrected chi connectivity index (χ0v) is 10.8. The molecule has 0 rings (SSSR count). The minimum atomic E-state index is -0.426. The second kappa shape index (κ2) is 10.9. The highest BCUT2D eigenvalue weighted by Gasteiger charge is 2.12. The summed E-state index contributed by atoms with van der Waals surface area (Å²) in [7, 11) is 1.38. The van der Waals surface area contributed by atoms with Crippen LogP contribution in [0.4, 0.5) is 0 Å². The van der Waals surface area contributed by atoms with Crippen LogP contribution in [0.25, 0.3) is 0 Å². The zero-order chi connectivity index (χ0) is 12.2. The van der Waals surface area contributed by atoms with Crippen molar-refractivity contribution in [3.05, 3.63) is 0 Å². The molecule has 0 aliphatic carbocycles. The number of hydrogen-bond acceptors (Lipinski definition) is 3. The lowest BCUT2D eigenvalue weighted by Crippen LogP contribution is -2.31. The number of esters is 1. The van der Waals surface area contributed by atoms with E-state index in [1.807, 2.05) is 0 Å². The normalized spacial score (nSPS) is 12.4. The van der Waals surface area contributed by atoms with E-state index in [1.165, 1.54) is 52.1 Å². The molecule has 0 saturated heterocycles. The first-order valence-electron chi connectivity index (χ1n) is 6.55. The van der Waals surface area contributed by atoms with Gasteiger partial charge in [-0.1, -0.05) is 58.3 Å². The predicted molar refractivity (Wildman–Crippen MR) is 67.2 cm³/mol. The fraction of sp³-hybridized carbons (Fsp3) is 0.923. The number of carbonyl (C=O) groups excluding carboxylic acids is 1. The lowest BCUT2D eigenvalue weighted by atomic mass is 10.1. The fourth-order valence-electron chi connectivity index (χ4n) is 1.77. The summed E-state index contributed by atoms with van der Waals surface area (Å²) in [5.41, 5.74) is 5.63. The number of nitrogens with two attached hydrogens (primary N) is 1. The topological polar surface area (TPSA) is 52.3 Å². The molecule has 0 heterocycles. The van der Waals surface area contributed by atoms with Gasteiger partial charge in [-0.15, -0.1) is 0 Å². The van der Waals surface area contributed by atoms with Crippen molar-refractivity contribution in [3.63, 3.8) is 0 Å². The molecule has 0 radical (unpaired) electrons. The van der Waals surface area contributed by atoms with Gasteiger partial charge in [0, 0.05) is 0 Å². The molecule has 3 nitrogen and oxygen atoms in total. The quantitative estimate of drug-likeness (QED) is 0.463. The number of hydrogen-bond donors (Lipinski definition) is 1. The highest BCUT2D eigenvalue weighted by atomic mass is 16.5. The minimum Gasteiger partial charge on any atom is -0.468 e. The maximum absolute atomic E-state index is 11.0. The fourth-order valence-corrected chi connectivity index (χ4v) is 1.77. The van der Waals surface area contributed by atoms with Crippen LogP contribution in [-0.2, 0) is 9.53 Å². The molecule has 0 aliphatic rings. The Morgan fingerprint density at radius 1 is 1.06 bits per heavy atom. The van der Waals surface area contributed by atoms with Crippen molar-refractivity contribution >= 4 is 5.97 Å². The van der Waals surface area contributed by atoms with Gasteiger partial charge in [-0.05, 0) is 6.42 Å². The minimum absolute atomic E-state index is 0.289. The Morgan fingerprint density at radius 2 is 1.56 bits per heavy atom. The maximum atomic E-state index is 11.0. The summed E-state index contributed by atoms with van der Waals surface area (Å²) in [4.78, 5) is 11.0. The van der Waals surface area contributed by atoms with Crippen LogP contribution in [0.5, 0.6) is 0 Å². The van der Waals surface area contributed by atoms with E-state index in [0.717, 1.165) is 12.8 Å². The summed E-state index contributed by atoms with van der Waals surface area (Å²) < 4.78 is 4.57. The van der Waals surface area contributed by atoms with Crippen molar-refractivity contribution in [2.75, 3.05) is 7.11 Å². The lowest BCUT2D eigenvalue weighted by molar-refractivity contribution is -0.142. The van der Waals surface area contributed by atoms with Gasteiger partial charge in [0.15, 0.2) is 0 Å². The second-order valence-corrected chi connectivity index (χ2v) is 4.39. The molecular formula is C13H27NO2. The molecule has 0 aromatic rings. The standard InChI is InChI=1S/C13H27NO2/c1-3-4-5-6-7-8-9-10-11-12(14)13(15)16-2/h12H,3-11,14H2,1-2H3/t12-/m1/s1. The zero-order valence-electron chi connectivity index (χ0n) is 10.8. The van der Waals surface area contributed by atoms with E-state index in [2.05, 4.69) is 11.7 Å². The molecule has 0 fully saturated rings. The number of carbonyl (C=O) groups is 1. The number of rotatable bonds is 10. The molecule has 0 bridgehead atoms. The molecule has 0 saturated carbocycles. The Labute approximate surface area is 99.7 Å². The SMILES string of the molecule is CCCCCCCCCC[C@@H](N)C(=O)OC. The van der Waals surface area contributed by atoms with E-state index < -0.39 is 6.04 Å². The van der Waals surface area contributed by atoms with Crippen LogP contribution in [0.2, 0.25) is 0 Å². The molecule has 0 spiro atoms. The van der Waals surface area contributed by atoms with Gasteiger partial charge in [0.1, 0.15) is 6.04 Å². The van der Waals surface area contributed by atoms with Gasteiger partial charge in [0.25, 0.3) is 0 Å². The summed E-state index contributed by atoms with van der Waals surface area (Å²) >= 11 is 0. The van der Waals surface area contributed by atoms with Gasteiger partial charge in [-0.3, -0.25) is 4.79 Å². The Bertz CT molecular complexity index is 171. The third kappa shape index (κ3) is 8.72. The molecule has 2 N–H and O–H groups in total. The van der Waals surface area contributed by atoms with E-state index in [9.17, 15) is 4.79 Å². The van der Waals surface area contributed by atoms with Crippen molar-refractivity contribution in [1.29, 1.82) is 0 Å². The van der Waals surface area contributed by atoms with Gasteiger partial charge in [0.05, 0.1) is 7.11 Å². The van der Waals surface area contributed by atoms with Crippen molar-refractivity contribution in [1.82, 2.24) is 0 Å². The van der Waals surface area contributed by atoms with Crippen molar-refractivity contribution in [2.24, 2.45) is 5.73 Å². The van der Waals surface area contributed by atoms with Crippen LogP contribution < -0.4 is 5.73 Å². The average molecular weight is 229 g/mol. The Hall–Kier alpha value is -0.570. The van der Waals surface area contributed by atoms with Gasteiger partial charge < -0.3 is 10.5 Å². The molecule has 0 unspecified atom stereocenters. The van der Waals surface area contributed by atoms with Crippen LogP contribution in [0, 0.1) is 0 Å². The molecule has 16 heavy (non-hydrogen) atoms. The van der Waals surface area contributed by atoms with E-state index in [-0.39, 0.29) is 5.97 Å². The molecule has 0 aromatic heterocycles. The van der Waals surface area contributed by atoms with Crippen LogP contribution in [0.15, 0.2) is 0 Å². The third-order valence-corrected chi connectivity index (χ3v) is 2.87. The summed E-state index contributed by atoms with van der Waals surface area (Å²) in [5.74, 6) is -0.289. The number of unbranched alkanes of at least 4 members (excludes halogenated alkanes) is 7. The van der Waals surface area contributed by atoms with Crippen LogP contribution in [0.3, 0.4) is 0 Å². The van der Waals surface area contributed by atoms with E-state index in [0.29, 0.717) is 0 Å². The molecule has 0 amide bonds. The first-order chi connectivity index (χ1) is 7.72. The van der Waals surface area contributed by atoms with Gasteiger partial charge in [-0.25, -0.2) is 0 Å². The van der Waals surface area contributed by atoms with E-state index in [4.69, 9.17) is 5.73 Å². The Balaban J connectivity index is 3.17. The Kier molecular flexibility index (Phi) is 10.5. The van der Waals surface area contributed by atoms with Crippen molar-refractivity contribution in [2.45, 2.75) is 70.8 Å². The highest BCUT2D eigenvalue weighted by molar-refractivity contribution is 5.75. The lowest BCUT2D eigenvalue weighted by Gasteiger charge is -2.08. The second-order valence-electron chi connectivity index (χ2n) is 4.39. The van der Waals surface area contributed by atoms with E-state index in [1.54, 1.807) is 0 Å². The number of methoxy groups -OCH3 is 1. The molecule has 3 heteroatoms. The third-order valence-electron chi connectivity index (χ3n) is 2.87. The van der Waals surface area contributed by atoms with Gasteiger partial charge >= 0.3 is 5.97 Å². The summed E-state index contributed by atoms with van der Waals surface area (Å²) in [6.07, 6.45) is 10.9. The summed E-state index contributed by atoms with van der Waals surface area (Å²) in [6.45, 7) is 2.23. The number of ether oxygens (including phenoxy) is 1. The van der Waals surface area contributed by atoms with Gasteiger partial charge in [-0.2, -0.15) is 0 Å². The molecule has 1 atom stereocenters.